The molecule has 3 aromatic heterocycles. The number of methoxy groups -OCH3 is 1. The lowest BCUT2D eigenvalue weighted by Crippen LogP contribution is -2.54. The molecule has 22 heteroatoms. The van der Waals surface area contributed by atoms with Gasteiger partial charge in [-0.1, -0.05) is 63.9 Å². The number of likely N-dealkylation sites (tertiary alicyclic amines) is 1. The fraction of sp³-hybridized carbons (Fsp3) is 0.438. The van der Waals surface area contributed by atoms with Crippen LogP contribution in [0.4, 0.5) is 17.2 Å². The molecule has 5 aromatic rings. The number of rotatable bonds is 21. The van der Waals surface area contributed by atoms with E-state index in [0.717, 1.165) is 21.7 Å². The van der Waals surface area contributed by atoms with Crippen molar-refractivity contribution in [2.24, 2.45) is 18.4 Å². The lowest BCUT2D eigenvalue weighted by molar-refractivity contribution is -0.172. The van der Waals surface area contributed by atoms with Crippen LogP contribution in [0.15, 0.2) is 60.4 Å². The van der Waals surface area contributed by atoms with E-state index in [9.17, 15) is 34.0 Å². The number of thiazole rings is 1. The van der Waals surface area contributed by atoms with Crippen molar-refractivity contribution in [1.29, 1.82) is 0 Å². The van der Waals surface area contributed by atoms with Crippen LogP contribution >= 0.6 is 11.3 Å². The minimum absolute atomic E-state index is 0.0100. The molecule has 6 amide bonds. The molecule has 4 heterocycles. The van der Waals surface area contributed by atoms with Gasteiger partial charge in [-0.15, -0.1) is 21.5 Å². The number of aryl methyl sites for hydroxylation is 2. The molecule has 21 nitrogen and oxygen atoms in total. The molecule has 0 saturated carbocycles. The number of hydroxylamine groups is 2. The van der Waals surface area contributed by atoms with Crippen molar-refractivity contribution >= 4 is 64.0 Å². The maximum atomic E-state index is 13.8. The van der Waals surface area contributed by atoms with Gasteiger partial charge in [-0.25, -0.2) is 15.0 Å². The zero-order valence-electron chi connectivity index (χ0n) is 40.5. The van der Waals surface area contributed by atoms with E-state index in [1.165, 1.54) is 20.2 Å². The van der Waals surface area contributed by atoms with Gasteiger partial charge in [-0.3, -0.25) is 38.7 Å². The van der Waals surface area contributed by atoms with E-state index >= 15 is 0 Å². The Morgan fingerprint density at radius 2 is 1.67 bits per heavy atom. The summed E-state index contributed by atoms with van der Waals surface area (Å²) in [7, 11) is 4.69. The number of aromatic nitrogens is 6. The topological polar surface area (TPSA) is 268 Å². The van der Waals surface area contributed by atoms with E-state index < -0.39 is 35.1 Å². The van der Waals surface area contributed by atoms with E-state index in [1.54, 1.807) is 58.0 Å². The molecule has 70 heavy (non-hydrogen) atoms. The molecule has 372 valence electrons. The third-order valence-electron chi connectivity index (χ3n) is 11.7. The first-order valence-electron chi connectivity index (χ1n) is 23.0. The molecule has 2 atom stereocenters. The Morgan fingerprint density at radius 3 is 2.31 bits per heavy atom. The normalized spacial score (nSPS) is 13.8. The largest absolute Gasteiger partial charge is 0.494 e. The molecule has 0 unspecified atom stereocenters. The molecular formula is C48H61N13O8S. The number of hydrogen-bond donors (Lipinski definition) is 6. The van der Waals surface area contributed by atoms with Crippen molar-refractivity contribution in [2.75, 3.05) is 44.4 Å². The number of carbonyl (C=O) groups is 6. The van der Waals surface area contributed by atoms with E-state index in [4.69, 9.17) is 4.74 Å². The number of amides is 6. The molecule has 0 radical (unpaired) electrons. The summed E-state index contributed by atoms with van der Waals surface area (Å²) in [5, 5.41) is 37.6. The molecular weight excluding hydrogens is 919 g/mol. The molecule has 0 aliphatic carbocycles. The summed E-state index contributed by atoms with van der Waals surface area (Å²) in [5.41, 5.74) is 5.14. The highest BCUT2D eigenvalue weighted by Gasteiger charge is 2.40. The van der Waals surface area contributed by atoms with Gasteiger partial charge in [-0.2, -0.15) is 5.10 Å². The number of unbranched alkanes of at least 4 members (excludes halogenated alkanes) is 3. The van der Waals surface area contributed by atoms with Gasteiger partial charge >= 0.3 is 0 Å². The van der Waals surface area contributed by atoms with E-state index in [2.05, 4.69) is 51.8 Å². The van der Waals surface area contributed by atoms with Gasteiger partial charge in [0.25, 0.3) is 11.8 Å². The predicted molar refractivity (Wildman–Crippen MR) is 262 cm³/mol. The zero-order valence-corrected chi connectivity index (χ0v) is 41.3. The summed E-state index contributed by atoms with van der Waals surface area (Å²) in [6, 6.07) is 13.5. The number of carbonyl (C=O) groups excluding carboxylic acids is 6. The molecule has 6 N–H and O–H groups in total. The summed E-state index contributed by atoms with van der Waals surface area (Å²) in [4.78, 5) is 89.6. The van der Waals surface area contributed by atoms with Crippen molar-refractivity contribution in [3.05, 3.63) is 77.3 Å². The Bertz CT molecular complexity index is 2660. The van der Waals surface area contributed by atoms with Crippen LogP contribution in [0.3, 0.4) is 0 Å². The summed E-state index contributed by atoms with van der Waals surface area (Å²) in [6.07, 6.45) is 4.69. The van der Waals surface area contributed by atoms with Gasteiger partial charge in [0, 0.05) is 46.1 Å². The number of hydrogen-bond acceptors (Lipinski definition) is 15. The second-order valence-corrected chi connectivity index (χ2v) is 18.9. The van der Waals surface area contributed by atoms with Gasteiger partial charge in [0.1, 0.15) is 12.4 Å². The van der Waals surface area contributed by atoms with Crippen molar-refractivity contribution in [1.82, 2.24) is 55.9 Å². The van der Waals surface area contributed by atoms with Gasteiger partial charge in [0.05, 0.1) is 59.1 Å². The smallest absolute Gasteiger partial charge is 0.273 e. The summed E-state index contributed by atoms with van der Waals surface area (Å²) in [6.45, 7) is 7.70. The summed E-state index contributed by atoms with van der Waals surface area (Å²) >= 11 is 1.55. The molecule has 1 saturated heterocycles. The van der Waals surface area contributed by atoms with E-state index in [1.807, 2.05) is 52.0 Å². The Labute approximate surface area is 410 Å². The van der Waals surface area contributed by atoms with Crippen LogP contribution < -0.4 is 31.3 Å². The van der Waals surface area contributed by atoms with E-state index in [-0.39, 0.29) is 67.4 Å². The second kappa shape index (κ2) is 23.8. The lowest BCUT2D eigenvalue weighted by Gasteiger charge is -2.33. The van der Waals surface area contributed by atoms with Gasteiger partial charge in [-0.05, 0) is 54.9 Å². The quantitative estimate of drug-likeness (QED) is 0.0321. The highest BCUT2D eigenvalue weighted by atomic mass is 32.1. The van der Waals surface area contributed by atoms with Crippen molar-refractivity contribution in [2.45, 2.75) is 85.2 Å². The summed E-state index contributed by atoms with van der Waals surface area (Å²) in [5.74, 6) is -2.14. The monoisotopic (exact) mass is 979 g/mol. The Balaban J connectivity index is 0.896. The van der Waals surface area contributed by atoms with Crippen molar-refractivity contribution in [3.63, 3.8) is 0 Å². The van der Waals surface area contributed by atoms with Crippen LogP contribution in [-0.4, -0.2) is 120 Å². The van der Waals surface area contributed by atoms with Gasteiger partial charge in [0.15, 0.2) is 23.1 Å². The molecule has 0 bridgehead atoms. The molecule has 1 aliphatic heterocycles. The zero-order chi connectivity index (χ0) is 50.5. The van der Waals surface area contributed by atoms with Crippen LogP contribution in [0, 0.1) is 18.3 Å². The number of nitrogens with zero attached hydrogens (tertiary/aromatic N) is 8. The van der Waals surface area contributed by atoms with Crippen LogP contribution in [0.1, 0.15) is 87.5 Å². The molecule has 0 spiro atoms. The molecule has 6 rings (SSSR count). The van der Waals surface area contributed by atoms with Crippen molar-refractivity contribution in [3.8, 4) is 27.6 Å². The first-order chi connectivity index (χ1) is 33.4. The lowest BCUT2D eigenvalue weighted by atomic mass is 9.85. The highest BCUT2D eigenvalue weighted by Crippen LogP contribution is 2.37. The Kier molecular flexibility index (Phi) is 17.7. The predicted octanol–water partition coefficient (Wildman–Crippen LogP) is 5.01. The first kappa shape index (κ1) is 52.0. The van der Waals surface area contributed by atoms with Gasteiger partial charge in [0.2, 0.25) is 23.6 Å². The van der Waals surface area contributed by atoms with Crippen LogP contribution in [0.25, 0.3) is 21.8 Å². The first-order valence-corrected chi connectivity index (χ1v) is 23.9. The fourth-order valence-electron chi connectivity index (χ4n) is 7.88. The number of para-hydroxylation sites is 1. The van der Waals surface area contributed by atoms with Gasteiger partial charge < -0.3 is 36.2 Å². The second-order valence-electron chi connectivity index (χ2n) is 18.1. The van der Waals surface area contributed by atoms with Crippen molar-refractivity contribution < 1.29 is 38.7 Å². The highest BCUT2D eigenvalue weighted by molar-refractivity contribution is 7.13. The minimum atomic E-state index is -0.823. The Morgan fingerprint density at radius 1 is 0.943 bits per heavy atom. The molecule has 2 aromatic carbocycles. The standard InChI is InChI=1S/C48H61N13O8S/c1-29-42(70-28-52-29)31-19-17-30(18-20-31)25-61(68)46(66)32-21-22-60(26-32)47(67)43(48(2,3)4)55-38(63)16-11-9-8-10-15-37(62)50-24-39(64)54-36-23-35(40(57-56-36)45(65)49-5)53-34-14-12-13-33(41(34)69-7)44-51-27-59(6)58-44/h12-14,17-20,23,27-28,32,43,68H,8-11,15-16,21-22,24-26H2,1-7H3,(H,49,65)(H,50,62)(H,55,63)(H2,53,54,56,64)/t32-,43-/m1/s1. The minimum Gasteiger partial charge on any atom is -0.494 e. The van der Waals surface area contributed by atoms with Crippen LogP contribution in [-0.2, 0) is 37.6 Å². The number of benzene rings is 2. The molecule has 1 aliphatic rings. The number of nitrogens with one attached hydrogen (secondary N) is 5. The average molecular weight is 980 g/mol. The van der Waals surface area contributed by atoms with Crippen LogP contribution in [0.2, 0.25) is 0 Å². The third kappa shape index (κ3) is 13.7. The SMILES string of the molecule is CNC(=O)c1nnc(NC(=O)CNC(=O)CCCCCCC(=O)N[C@H](C(=O)N2CC[C@@H](C(=O)N(O)Cc3ccc(-c4scnc4C)cc3)C2)C(C)(C)C)cc1Nc1cccc(-c2ncn(C)n2)c1OC. The fourth-order valence-corrected chi connectivity index (χ4v) is 8.69. The van der Waals surface area contributed by atoms with E-state index in [0.29, 0.717) is 66.5 Å². The number of anilines is 3. The molecule has 1 fully saturated rings. The maximum absolute atomic E-state index is 13.8. The maximum Gasteiger partial charge on any atom is 0.273 e. The van der Waals surface area contributed by atoms with Crippen LogP contribution in [0.5, 0.6) is 5.75 Å². The Hall–Kier alpha value is -7.33. The third-order valence-corrected chi connectivity index (χ3v) is 12.6. The average Bonchev–Trinajstić information content (AvgIpc) is 4.12. The summed E-state index contributed by atoms with van der Waals surface area (Å²) < 4.78 is 7.24. The number of ether oxygens (including phenoxy) is 1.